The number of amides is 2. The molecule has 4 nitrogen and oxygen atoms in total. The van der Waals surface area contributed by atoms with Crippen LogP contribution in [0, 0.1) is 6.92 Å². The van der Waals surface area contributed by atoms with Crippen molar-refractivity contribution in [2.24, 2.45) is 0 Å². The summed E-state index contributed by atoms with van der Waals surface area (Å²) in [5, 5.41) is 5.65. The lowest BCUT2D eigenvalue weighted by molar-refractivity contribution is 0.0941. The van der Waals surface area contributed by atoms with Crippen molar-refractivity contribution in [3.05, 3.63) is 63.6 Å². The summed E-state index contributed by atoms with van der Waals surface area (Å²) >= 11 is 3.44. The molecule has 2 aromatic rings. The topological polar surface area (TPSA) is 58.2 Å². The first-order chi connectivity index (χ1) is 10.9. The third kappa shape index (κ3) is 4.66. The van der Waals surface area contributed by atoms with Crippen LogP contribution in [-0.2, 0) is 0 Å². The summed E-state index contributed by atoms with van der Waals surface area (Å²) in [6.45, 7) is 5.79. The third-order valence-electron chi connectivity index (χ3n) is 3.26. The largest absolute Gasteiger partial charge is 0.350 e. The average molecular weight is 375 g/mol. The zero-order valence-electron chi connectivity index (χ0n) is 13.3. The summed E-state index contributed by atoms with van der Waals surface area (Å²) < 4.78 is 0.941. The maximum Gasteiger partial charge on any atom is 0.255 e. The zero-order valence-corrected chi connectivity index (χ0v) is 14.9. The number of rotatable bonds is 4. The summed E-state index contributed by atoms with van der Waals surface area (Å²) in [6, 6.07) is 12.3. The van der Waals surface area contributed by atoms with Gasteiger partial charge in [0.2, 0.25) is 0 Å². The van der Waals surface area contributed by atoms with Gasteiger partial charge < -0.3 is 10.6 Å². The van der Waals surface area contributed by atoms with Crippen molar-refractivity contribution in [3.8, 4) is 0 Å². The van der Waals surface area contributed by atoms with Crippen LogP contribution in [0.3, 0.4) is 0 Å². The second kappa shape index (κ2) is 7.42. The van der Waals surface area contributed by atoms with Gasteiger partial charge in [-0.2, -0.15) is 0 Å². The van der Waals surface area contributed by atoms with E-state index in [9.17, 15) is 9.59 Å². The minimum Gasteiger partial charge on any atom is -0.350 e. The molecule has 2 N–H and O–H groups in total. The first-order valence-corrected chi connectivity index (χ1v) is 8.14. The number of nitrogens with one attached hydrogen (secondary N) is 2. The monoisotopic (exact) mass is 374 g/mol. The van der Waals surface area contributed by atoms with Gasteiger partial charge in [0.15, 0.2) is 0 Å². The Kier molecular flexibility index (Phi) is 5.55. The Bertz CT molecular complexity index is 724. The van der Waals surface area contributed by atoms with Gasteiger partial charge in [0.1, 0.15) is 0 Å². The Morgan fingerprint density at radius 1 is 0.957 bits per heavy atom. The molecule has 0 radical (unpaired) electrons. The molecule has 0 aliphatic heterocycles. The standard InChI is InChI=1S/C18H19BrN2O2/c1-11(2)20-17(22)13-5-7-14(8-6-13)18(23)21-15-9-4-12(3)16(19)10-15/h4-11H,1-3H3,(H,20,22)(H,21,23). The lowest BCUT2D eigenvalue weighted by Crippen LogP contribution is -2.30. The molecule has 0 aliphatic rings. The first kappa shape index (κ1) is 17.2. The van der Waals surface area contributed by atoms with E-state index in [1.54, 1.807) is 24.3 Å². The predicted octanol–water partition coefficient (Wildman–Crippen LogP) is 4.15. The van der Waals surface area contributed by atoms with Gasteiger partial charge in [0, 0.05) is 27.3 Å². The highest BCUT2D eigenvalue weighted by molar-refractivity contribution is 9.10. The fourth-order valence-corrected chi connectivity index (χ4v) is 2.37. The second-order valence-electron chi connectivity index (χ2n) is 5.62. The highest BCUT2D eigenvalue weighted by Crippen LogP contribution is 2.21. The molecule has 5 heteroatoms. The number of benzene rings is 2. The molecule has 0 aliphatic carbocycles. The Morgan fingerprint density at radius 3 is 2.04 bits per heavy atom. The molecular formula is C18H19BrN2O2. The van der Waals surface area contributed by atoms with Crippen LogP contribution in [0.4, 0.5) is 5.69 Å². The first-order valence-electron chi connectivity index (χ1n) is 7.35. The van der Waals surface area contributed by atoms with Crippen molar-refractivity contribution in [3.63, 3.8) is 0 Å². The highest BCUT2D eigenvalue weighted by atomic mass is 79.9. The molecule has 0 unspecified atom stereocenters. The molecule has 2 rings (SSSR count). The minimum absolute atomic E-state index is 0.0745. The number of hydrogen-bond acceptors (Lipinski definition) is 2. The van der Waals surface area contributed by atoms with Crippen LogP contribution < -0.4 is 10.6 Å². The van der Waals surface area contributed by atoms with E-state index in [0.29, 0.717) is 16.8 Å². The van der Waals surface area contributed by atoms with E-state index < -0.39 is 0 Å². The van der Waals surface area contributed by atoms with E-state index in [-0.39, 0.29) is 17.9 Å². The van der Waals surface area contributed by atoms with Gasteiger partial charge in [-0.05, 0) is 62.7 Å². The molecule has 0 saturated heterocycles. The van der Waals surface area contributed by atoms with Crippen molar-refractivity contribution < 1.29 is 9.59 Å². The van der Waals surface area contributed by atoms with Crippen LogP contribution in [0.25, 0.3) is 0 Å². The zero-order chi connectivity index (χ0) is 17.0. The quantitative estimate of drug-likeness (QED) is 0.844. The molecule has 0 saturated carbocycles. The number of carbonyl (C=O) groups excluding carboxylic acids is 2. The number of anilines is 1. The number of aryl methyl sites for hydroxylation is 1. The van der Waals surface area contributed by atoms with E-state index >= 15 is 0 Å². The van der Waals surface area contributed by atoms with Gasteiger partial charge in [-0.1, -0.05) is 22.0 Å². The fourth-order valence-electron chi connectivity index (χ4n) is 1.99. The third-order valence-corrected chi connectivity index (χ3v) is 4.11. The van der Waals surface area contributed by atoms with Gasteiger partial charge in [-0.25, -0.2) is 0 Å². The highest BCUT2D eigenvalue weighted by Gasteiger charge is 2.10. The van der Waals surface area contributed by atoms with E-state index in [1.165, 1.54) is 0 Å². The van der Waals surface area contributed by atoms with E-state index in [1.807, 2.05) is 39.0 Å². The molecule has 0 aromatic heterocycles. The average Bonchev–Trinajstić information content (AvgIpc) is 2.50. The van der Waals surface area contributed by atoms with Crippen LogP contribution in [0.2, 0.25) is 0 Å². The van der Waals surface area contributed by atoms with Crippen molar-refractivity contribution >= 4 is 33.4 Å². The molecule has 2 amide bonds. The molecule has 0 spiro atoms. The Balaban J connectivity index is 2.08. The second-order valence-corrected chi connectivity index (χ2v) is 6.48. The molecule has 23 heavy (non-hydrogen) atoms. The summed E-state index contributed by atoms with van der Waals surface area (Å²) in [7, 11) is 0. The molecule has 0 bridgehead atoms. The molecule has 0 atom stereocenters. The Labute approximate surface area is 144 Å². The number of hydrogen-bond donors (Lipinski definition) is 2. The van der Waals surface area contributed by atoms with Gasteiger partial charge in [-0.15, -0.1) is 0 Å². The summed E-state index contributed by atoms with van der Waals surface area (Å²) in [5.74, 6) is -0.356. The lowest BCUT2D eigenvalue weighted by Gasteiger charge is -2.09. The summed E-state index contributed by atoms with van der Waals surface area (Å²) in [5.41, 5.74) is 2.86. The van der Waals surface area contributed by atoms with Crippen molar-refractivity contribution in [1.82, 2.24) is 5.32 Å². The van der Waals surface area contributed by atoms with E-state index in [4.69, 9.17) is 0 Å². The SMILES string of the molecule is Cc1ccc(NC(=O)c2ccc(C(=O)NC(C)C)cc2)cc1Br. The maximum absolute atomic E-state index is 12.2. The number of carbonyl (C=O) groups is 2. The van der Waals surface area contributed by atoms with Crippen LogP contribution in [0.1, 0.15) is 40.1 Å². The maximum atomic E-state index is 12.2. The normalized spacial score (nSPS) is 10.5. The molecule has 0 heterocycles. The van der Waals surface area contributed by atoms with Gasteiger partial charge in [-0.3, -0.25) is 9.59 Å². The van der Waals surface area contributed by atoms with Crippen LogP contribution in [0.15, 0.2) is 46.9 Å². The van der Waals surface area contributed by atoms with Gasteiger partial charge in [0.05, 0.1) is 0 Å². The van der Waals surface area contributed by atoms with Crippen molar-refractivity contribution in [1.29, 1.82) is 0 Å². The summed E-state index contributed by atoms with van der Waals surface area (Å²) in [6.07, 6.45) is 0. The lowest BCUT2D eigenvalue weighted by atomic mass is 10.1. The molecule has 0 fully saturated rings. The molecule has 2 aromatic carbocycles. The molecule has 120 valence electrons. The predicted molar refractivity (Wildman–Crippen MR) is 95.9 cm³/mol. The minimum atomic E-state index is -0.212. The van der Waals surface area contributed by atoms with Gasteiger partial charge >= 0.3 is 0 Å². The van der Waals surface area contributed by atoms with Gasteiger partial charge in [0.25, 0.3) is 11.8 Å². The van der Waals surface area contributed by atoms with E-state index in [0.717, 1.165) is 10.0 Å². The summed E-state index contributed by atoms with van der Waals surface area (Å²) in [4.78, 5) is 24.1. The van der Waals surface area contributed by atoms with Crippen molar-refractivity contribution in [2.75, 3.05) is 5.32 Å². The smallest absolute Gasteiger partial charge is 0.255 e. The van der Waals surface area contributed by atoms with E-state index in [2.05, 4.69) is 26.6 Å². The Hall–Kier alpha value is -2.14. The number of halogens is 1. The Morgan fingerprint density at radius 2 is 1.52 bits per heavy atom. The van der Waals surface area contributed by atoms with Crippen LogP contribution in [0.5, 0.6) is 0 Å². The molecular weight excluding hydrogens is 356 g/mol. The fraction of sp³-hybridized carbons (Fsp3) is 0.222. The van der Waals surface area contributed by atoms with Crippen LogP contribution >= 0.6 is 15.9 Å². The van der Waals surface area contributed by atoms with Crippen LogP contribution in [-0.4, -0.2) is 17.9 Å². The van der Waals surface area contributed by atoms with Crippen molar-refractivity contribution in [2.45, 2.75) is 26.8 Å².